The van der Waals surface area contributed by atoms with Crippen molar-refractivity contribution in [3.8, 4) is 0 Å². The van der Waals surface area contributed by atoms with Gasteiger partial charge in [-0.2, -0.15) is 0 Å². The van der Waals surface area contributed by atoms with Crippen LogP contribution in [0.3, 0.4) is 0 Å². The normalized spacial score (nSPS) is 16.9. The van der Waals surface area contributed by atoms with E-state index < -0.39 is 23.6 Å². The molecular formula is C2H4Cl4GeO2S. The quantitative estimate of drug-likeness (QED) is 0.578. The molecule has 0 spiro atoms. The SMILES string of the molecule is C[CH](S(=O)(=O)Cl)[Ge]([Cl])([Cl])[Cl]. The first-order valence-corrected chi connectivity index (χ1v) is 14.0. The van der Waals surface area contributed by atoms with Crippen molar-refractivity contribution in [3.63, 3.8) is 0 Å². The van der Waals surface area contributed by atoms with Crippen LogP contribution in [0.25, 0.3) is 0 Å². The van der Waals surface area contributed by atoms with E-state index in [0.29, 0.717) is 0 Å². The van der Waals surface area contributed by atoms with Crippen molar-refractivity contribution in [2.24, 2.45) is 0 Å². The standard InChI is InChI=1S/C2H4Cl4GeO2S/c1-2(7(3,4)5)10(6,8)9/h2H,1H3. The van der Waals surface area contributed by atoms with Gasteiger partial charge in [-0.25, -0.2) is 0 Å². The third-order valence-electron chi connectivity index (χ3n) is 0.883. The van der Waals surface area contributed by atoms with Gasteiger partial charge in [0.05, 0.1) is 0 Å². The number of hydrogen-bond donors (Lipinski definition) is 0. The molecule has 0 aromatic carbocycles. The molecule has 0 amide bonds. The van der Waals surface area contributed by atoms with E-state index in [4.69, 9.17) is 40.7 Å². The predicted molar refractivity (Wildman–Crippen MR) is 47.5 cm³/mol. The molecule has 0 bridgehead atoms. The minimum absolute atomic E-state index is 1.01. The minimum atomic E-state index is -3.70. The fourth-order valence-corrected chi connectivity index (χ4v) is 12.2. The van der Waals surface area contributed by atoms with Crippen LogP contribution in [0.4, 0.5) is 0 Å². The maximum absolute atomic E-state index is 10.5. The zero-order valence-electron chi connectivity index (χ0n) is 4.81. The molecule has 0 saturated heterocycles. The van der Waals surface area contributed by atoms with E-state index >= 15 is 0 Å². The fraction of sp³-hybridized carbons (Fsp3) is 1.00. The van der Waals surface area contributed by atoms with Gasteiger partial charge in [-0.15, -0.1) is 0 Å². The fourth-order valence-electron chi connectivity index (χ4n) is 0.160. The summed E-state index contributed by atoms with van der Waals surface area (Å²) in [5.41, 5.74) is 0. The molecule has 0 aliphatic carbocycles. The molecular weight excluding hydrogens is 303 g/mol. The van der Waals surface area contributed by atoms with E-state index in [-0.39, 0.29) is 0 Å². The molecule has 0 heterocycles. The summed E-state index contributed by atoms with van der Waals surface area (Å²) in [6, 6.07) is 0. The second kappa shape index (κ2) is 3.58. The summed E-state index contributed by atoms with van der Waals surface area (Å²) >= 11 is 0. The Morgan fingerprint density at radius 1 is 1.30 bits per heavy atom. The molecule has 0 saturated carbocycles. The molecule has 1 unspecified atom stereocenters. The van der Waals surface area contributed by atoms with Crippen molar-refractivity contribution in [2.45, 2.75) is 11.0 Å². The summed E-state index contributed by atoms with van der Waals surface area (Å²) in [6.45, 7) is 1.30. The van der Waals surface area contributed by atoms with Gasteiger partial charge in [0.15, 0.2) is 0 Å². The van der Waals surface area contributed by atoms with Crippen molar-refractivity contribution in [2.75, 3.05) is 0 Å². The summed E-state index contributed by atoms with van der Waals surface area (Å²) in [4.78, 5) is 0. The Balaban J connectivity index is 4.56. The maximum atomic E-state index is 10.5. The average molecular weight is 307 g/mol. The molecule has 0 aromatic heterocycles. The Bertz CT molecular complexity index is 206. The van der Waals surface area contributed by atoms with Crippen LogP contribution in [0.1, 0.15) is 6.92 Å². The van der Waals surface area contributed by atoms with E-state index in [9.17, 15) is 8.42 Å². The Hall–Kier alpha value is 1.65. The van der Waals surface area contributed by atoms with Gasteiger partial charge < -0.3 is 0 Å². The zero-order valence-corrected chi connectivity index (χ0v) is 10.8. The predicted octanol–water partition coefficient (Wildman–Crippen LogP) is 2.14. The molecule has 8 heteroatoms. The Morgan fingerprint density at radius 3 is 1.60 bits per heavy atom. The first-order chi connectivity index (χ1) is 4.15. The second-order valence-corrected chi connectivity index (χ2v) is 21.9. The molecule has 0 aliphatic rings. The van der Waals surface area contributed by atoms with E-state index in [1.165, 1.54) is 6.92 Å². The van der Waals surface area contributed by atoms with Crippen LogP contribution >= 0.6 is 40.7 Å². The molecule has 1 atom stereocenters. The molecule has 62 valence electrons. The molecule has 10 heavy (non-hydrogen) atoms. The first kappa shape index (κ1) is 11.7. The van der Waals surface area contributed by atoms with E-state index in [0.717, 1.165) is 0 Å². The Kier molecular flexibility index (Phi) is 4.17. The summed E-state index contributed by atoms with van der Waals surface area (Å²) in [5, 5.41) is 0. The first-order valence-electron chi connectivity index (χ1n) is 2.16. The van der Waals surface area contributed by atoms with Gasteiger partial charge in [0.2, 0.25) is 0 Å². The third-order valence-corrected chi connectivity index (χ3v) is 16.3. The van der Waals surface area contributed by atoms with Crippen LogP contribution in [0, 0.1) is 0 Å². The van der Waals surface area contributed by atoms with Crippen LogP contribution < -0.4 is 0 Å². The van der Waals surface area contributed by atoms with Crippen molar-refractivity contribution < 1.29 is 8.42 Å². The van der Waals surface area contributed by atoms with Gasteiger partial charge in [-0.3, -0.25) is 0 Å². The summed E-state index contributed by atoms with van der Waals surface area (Å²) in [7, 11) is 13.8. The number of rotatable bonds is 2. The molecule has 0 fully saturated rings. The molecule has 2 nitrogen and oxygen atoms in total. The Morgan fingerprint density at radius 2 is 1.60 bits per heavy atom. The molecule has 0 rings (SSSR count). The summed E-state index contributed by atoms with van der Waals surface area (Å²) < 4.78 is 20.1. The number of hydrogen-bond acceptors (Lipinski definition) is 2. The van der Waals surface area contributed by atoms with Crippen molar-refractivity contribution in [3.05, 3.63) is 0 Å². The third kappa shape index (κ3) is 3.88. The van der Waals surface area contributed by atoms with Crippen molar-refractivity contribution in [1.29, 1.82) is 0 Å². The summed E-state index contributed by atoms with van der Waals surface area (Å²) in [5.74, 6) is 0. The van der Waals surface area contributed by atoms with Crippen LogP contribution in [0.15, 0.2) is 0 Å². The Labute approximate surface area is 79.1 Å². The van der Waals surface area contributed by atoms with Crippen molar-refractivity contribution >= 4 is 60.2 Å². The van der Waals surface area contributed by atoms with E-state index in [1.54, 1.807) is 0 Å². The van der Waals surface area contributed by atoms with Crippen LogP contribution in [0.5, 0.6) is 0 Å². The van der Waals surface area contributed by atoms with Crippen molar-refractivity contribution in [1.82, 2.24) is 0 Å². The molecule has 0 radical (unpaired) electrons. The van der Waals surface area contributed by atoms with E-state index in [2.05, 4.69) is 0 Å². The summed E-state index contributed by atoms with van der Waals surface area (Å²) in [6.07, 6.45) is 0. The molecule has 0 aliphatic heterocycles. The zero-order chi connectivity index (χ0) is 8.58. The molecule has 0 aromatic rings. The van der Waals surface area contributed by atoms with Gasteiger partial charge >= 0.3 is 79.7 Å². The number of halogens is 4. The van der Waals surface area contributed by atoms with Crippen LogP contribution in [-0.4, -0.2) is 23.0 Å². The second-order valence-electron chi connectivity index (χ2n) is 1.66. The van der Waals surface area contributed by atoms with Gasteiger partial charge in [0.1, 0.15) is 0 Å². The van der Waals surface area contributed by atoms with Gasteiger partial charge in [0.25, 0.3) is 0 Å². The van der Waals surface area contributed by atoms with Gasteiger partial charge in [0, 0.05) is 0 Å². The van der Waals surface area contributed by atoms with Gasteiger partial charge in [-0.1, -0.05) is 0 Å². The molecule has 0 N–H and O–H groups in total. The van der Waals surface area contributed by atoms with E-state index in [1.807, 2.05) is 0 Å². The topological polar surface area (TPSA) is 34.1 Å². The van der Waals surface area contributed by atoms with Gasteiger partial charge in [-0.05, 0) is 0 Å². The van der Waals surface area contributed by atoms with Crippen LogP contribution in [-0.2, 0) is 9.05 Å². The monoisotopic (exact) mass is 306 g/mol. The average Bonchev–Trinajstić information content (AvgIpc) is 1.59. The van der Waals surface area contributed by atoms with Crippen LogP contribution in [0.2, 0.25) is 0 Å².